The zero-order valence-electron chi connectivity index (χ0n) is 9.36. The van der Waals surface area contributed by atoms with E-state index >= 15 is 0 Å². The van der Waals surface area contributed by atoms with E-state index < -0.39 is 11.4 Å². The molecule has 0 saturated carbocycles. The lowest BCUT2D eigenvalue weighted by Crippen LogP contribution is -2.21. The highest BCUT2D eigenvalue weighted by molar-refractivity contribution is 6.35. The third kappa shape index (κ3) is 3.09. The van der Waals surface area contributed by atoms with Gasteiger partial charge in [-0.25, -0.2) is 4.39 Å². The first kappa shape index (κ1) is 13.8. The van der Waals surface area contributed by atoms with Crippen molar-refractivity contribution in [1.82, 2.24) is 0 Å². The summed E-state index contributed by atoms with van der Waals surface area (Å²) in [5.74, 6) is -0.558. The SMILES string of the molecule is CCCCC(C)(O)c1cc(F)c(Cl)cc1Cl. The molecule has 1 aromatic rings. The van der Waals surface area contributed by atoms with Gasteiger partial charge in [-0.15, -0.1) is 0 Å². The van der Waals surface area contributed by atoms with Crippen molar-refractivity contribution in [3.05, 3.63) is 33.6 Å². The summed E-state index contributed by atoms with van der Waals surface area (Å²) in [6.07, 6.45) is 2.36. The third-order valence-corrected chi connectivity index (χ3v) is 3.21. The lowest BCUT2D eigenvalue weighted by Gasteiger charge is -2.25. The van der Waals surface area contributed by atoms with Crippen LogP contribution < -0.4 is 0 Å². The lowest BCUT2D eigenvalue weighted by molar-refractivity contribution is 0.0452. The van der Waals surface area contributed by atoms with Gasteiger partial charge in [0.2, 0.25) is 0 Å². The van der Waals surface area contributed by atoms with Gasteiger partial charge >= 0.3 is 0 Å². The zero-order chi connectivity index (χ0) is 12.3. The largest absolute Gasteiger partial charge is 0.385 e. The van der Waals surface area contributed by atoms with E-state index in [2.05, 4.69) is 0 Å². The summed E-state index contributed by atoms with van der Waals surface area (Å²) in [6.45, 7) is 3.66. The molecule has 0 radical (unpaired) electrons. The molecule has 90 valence electrons. The van der Waals surface area contributed by atoms with Gasteiger partial charge in [0.1, 0.15) is 5.82 Å². The number of benzene rings is 1. The summed E-state index contributed by atoms with van der Waals surface area (Å²) in [5, 5.41) is 10.5. The molecule has 4 heteroatoms. The Kier molecular flexibility index (Phi) is 4.60. The highest BCUT2D eigenvalue weighted by Gasteiger charge is 2.26. The minimum absolute atomic E-state index is 0.0277. The summed E-state index contributed by atoms with van der Waals surface area (Å²) < 4.78 is 13.3. The van der Waals surface area contributed by atoms with Gasteiger partial charge in [0.25, 0.3) is 0 Å². The molecule has 0 saturated heterocycles. The van der Waals surface area contributed by atoms with Crippen LogP contribution in [-0.2, 0) is 5.60 Å². The molecule has 1 aromatic carbocycles. The van der Waals surface area contributed by atoms with Crippen molar-refractivity contribution in [2.24, 2.45) is 0 Å². The van der Waals surface area contributed by atoms with E-state index in [1.807, 2.05) is 6.92 Å². The van der Waals surface area contributed by atoms with Crippen LogP contribution in [0.3, 0.4) is 0 Å². The van der Waals surface area contributed by atoms with Crippen molar-refractivity contribution in [3.63, 3.8) is 0 Å². The first-order valence-corrected chi connectivity index (χ1v) is 6.01. The Balaban J connectivity index is 3.07. The molecule has 1 nitrogen and oxygen atoms in total. The molecule has 0 amide bonds. The first-order valence-electron chi connectivity index (χ1n) is 5.26. The Labute approximate surface area is 105 Å². The molecule has 16 heavy (non-hydrogen) atoms. The number of halogens is 3. The maximum atomic E-state index is 13.3. The molecule has 0 spiro atoms. The van der Waals surface area contributed by atoms with E-state index in [-0.39, 0.29) is 5.02 Å². The van der Waals surface area contributed by atoms with Crippen LogP contribution in [0, 0.1) is 5.82 Å². The van der Waals surface area contributed by atoms with Crippen LogP contribution in [0.1, 0.15) is 38.7 Å². The molecular formula is C12H15Cl2FO. The highest BCUT2D eigenvalue weighted by atomic mass is 35.5. The van der Waals surface area contributed by atoms with Gasteiger partial charge in [0.05, 0.1) is 10.6 Å². The number of hydrogen-bond donors (Lipinski definition) is 1. The number of aliphatic hydroxyl groups is 1. The van der Waals surface area contributed by atoms with Gasteiger partial charge in [-0.05, 0) is 25.5 Å². The van der Waals surface area contributed by atoms with Gasteiger partial charge in [-0.2, -0.15) is 0 Å². The Bertz CT molecular complexity index is 378. The van der Waals surface area contributed by atoms with Crippen molar-refractivity contribution in [2.45, 2.75) is 38.7 Å². The first-order chi connectivity index (χ1) is 7.38. The van der Waals surface area contributed by atoms with Crippen molar-refractivity contribution in [3.8, 4) is 0 Å². The molecule has 1 rings (SSSR count). The van der Waals surface area contributed by atoms with Gasteiger partial charge in [-0.3, -0.25) is 0 Å². The fraction of sp³-hybridized carbons (Fsp3) is 0.500. The molecule has 0 aromatic heterocycles. The van der Waals surface area contributed by atoms with E-state index in [9.17, 15) is 9.50 Å². The van der Waals surface area contributed by atoms with Gasteiger partial charge in [0, 0.05) is 10.6 Å². The second-order valence-corrected chi connectivity index (χ2v) is 4.94. The molecule has 0 fully saturated rings. The lowest BCUT2D eigenvalue weighted by atomic mass is 9.90. The molecule has 0 heterocycles. The van der Waals surface area contributed by atoms with Gasteiger partial charge in [-0.1, -0.05) is 43.0 Å². The number of unbranched alkanes of at least 4 members (excludes halogenated alkanes) is 1. The Morgan fingerprint density at radius 1 is 1.31 bits per heavy atom. The smallest absolute Gasteiger partial charge is 0.142 e. The normalized spacial score (nSPS) is 14.9. The van der Waals surface area contributed by atoms with Gasteiger partial charge < -0.3 is 5.11 Å². The van der Waals surface area contributed by atoms with Crippen molar-refractivity contribution in [2.75, 3.05) is 0 Å². The second kappa shape index (κ2) is 5.35. The molecule has 1 N–H and O–H groups in total. The predicted octanol–water partition coefficient (Wildman–Crippen LogP) is 4.53. The Morgan fingerprint density at radius 3 is 2.50 bits per heavy atom. The fourth-order valence-electron chi connectivity index (χ4n) is 1.59. The van der Waals surface area contributed by atoms with Crippen molar-refractivity contribution in [1.29, 1.82) is 0 Å². The average Bonchev–Trinajstić information content (AvgIpc) is 2.20. The predicted molar refractivity (Wildman–Crippen MR) is 65.5 cm³/mol. The molecular weight excluding hydrogens is 250 g/mol. The number of hydrogen-bond acceptors (Lipinski definition) is 1. The van der Waals surface area contributed by atoms with Crippen LogP contribution in [-0.4, -0.2) is 5.11 Å². The molecule has 1 unspecified atom stereocenters. The van der Waals surface area contributed by atoms with E-state index in [0.717, 1.165) is 12.8 Å². The van der Waals surface area contributed by atoms with Crippen molar-refractivity contribution < 1.29 is 9.50 Å². The van der Waals surface area contributed by atoms with E-state index in [1.165, 1.54) is 12.1 Å². The summed E-state index contributed by atoms with van der Waals surface area (Å²) in [5.41, 5.74) is -0.720. The van der Waals surface area contributed by atoms with Crippen molar-refractivity contribution >= 4 is 23.2 Å². The third-order valence-electron chi connectivity index (χ3n) is 2.61. The van der Waals surface area contributed by atoms with Crippen LogP contribution in [0.5, 0.6) is 0 Å². The van der Waals surface area contributed by atoms with Crippen LogP contribution in [0.25, 0.3) is 0 Å². The molecule has 0 bridgehead atoms. The minimum Gasteiger partial charge on any atom is -0.385 e. The second-order valence-electron chi connectivity index (χ2n) is 4.12. The maximum Gasteiger partial charge on any atom is 0.142 e. The minimum atomic E-state index is -1.11. The monoisotopic (exact) mass is 264 g/mol. The van der Waals surface area contributed by atoms with E-state index in [4.69, 9.17) is 23.2 Å². The maximum absolute atomic E-state index is 13.3. The van der Waals surface area contributed by atoms with E-state index in [1.54, 1.807) is 6.92 Å². The number of rotatable bonds is 4. The Hall–Kier alpha value is -0.310. The summed E-state index contributed by atoms with van der Waals surface area (Å²) in [7, 11) is 0. The van der Waals surface area contributed by atoms with Crippen LogP contribution in [0.4, 0.5) is 4.39 Å². The van der Waals surface area contributed by atoms with Crippen LogP contribution >= 0.6 is 23.2 Å². The average molecular weight is 265 g/mol. The van der Waals surface area contributed by atoms with Crippen LogP contribution in [0.2, 0.25) is 10.0 Å². The topological polar surface area (TPSA) is 20.2 Å². The molecule has 0 aliphatic rings. The highest BCUT2D eigenvalue weighted by Crippen LogP contribution is 2.34. The molecule has 0 aliphatic heterocycles. The van der Waals surface area contributed by atoms with Gasteiger partial charge in [0.15, 0.2) is 0 Å². The van der Waals surface area contributed by atoms with E-state index in [0.29, 0.717) is 17.0 Å². The molecule has 1 atom stereocenters. The quantitative estimate of drug-likeness (QED) is 0.793. The molecule has 0 aliphatic carbocycles. The summed E-state index contributed by atoms with van der Waals surface area (Å²) in [6, 6.07) is 2.54. The fourth-order valence-corrected chi connectivity index (χ4v) is 2.18. The standard InChI is InChI=1S/C12H15Cl2FO/c1-3-4-5-12(2,16)8-6-11(15)10(14)7-9(8)13/h6-7,16H,3-5H2,1-2H3. The van der Waals surface area contributed by atoms with Crippen LogP contribution in [0.15, 0.2) is 12.1 Å². The Morgan fingerprint density at radius 2 is 1.94 bits per heavy atom. The summed E-state index contributed by atoms with van der Waals surface area (Å²) >= 11 is 11.6. The summed E-state index contributed by atoms with van der Waals surface area (Å²) in [4.78, 5) is 0. The zero-order valence-corrected chi connectivity index (χ0v) is 10.9.